The first-order chi connectivity index (χ1) is 16.4. The SMILES string of the molecule is NS(=O)(=O)c1ccc(N2CCOCC2)c(CNc2ncnc3n[nH]c(-c4cccc(Cl)c4)c23)c1. The van der Waals surface area contributed by atoms with Crippen LogP contribution in [-0.4, -0.2) is 54.9 Å². The van der Waals surface area contributed by atoms with Gasteiger partial charge in [-0.3, -0.25) is 5.10 Å². The van der Waals surface area contributed by atoms with Gasteiger partial charge in [-0.15, -0.1) is 0 Å². The minimum Gasteiger partial charge on any atom is -0.378 e. The van der Waals surface area contributed by atoms with Crippen molar-refractivity contribution < 1.29 is 13.2 Å². The molecule has 1 fully saturated rings. The molecule has 12 heteroatoms. The van der Waals surface area contributed by atoms with Crippen molar-refractivity contribution in [1.82, 2.24) is 20.2 Å². The molecule has 0 spiro atoms. The number of hydrogen-bond donors (Lipinski definition) is 3. The van der Waals surface area contributed by atoms with E-state index in [1.807, 2.05) is 18.2 Å². The Morgan fingerprint density at radius 1 is 1.15 bits per heavy atom. The Labute approximate surface area is 201 Å². The van der Waals surface area contributed by atoms with E-state index in [-0.39, 0.29) is 4.90 Å². The van der Waals surface area contributed by atoms with Crippen molar-refractivity contribution in [2.45, 2.75) is 11.4 Å². The van der Waals surface area contributed by atoms with Crippen LogP contribution in [0.15, 0.2) is 53.7 Å². The number of halogens is 1. The quantitative estimate of drug-likeness (QED) is 0.368. The summed E-state index contributed by atoms with van der Waals surface area (Å²) in [6.07, 6.45) is 1.43. The summed E-state index contributed by atoms with van der Waals surface area (Å²) in [7, 11) is -3.85. The van der Waals surface area contributed by atoms with Gasteiger partial charge in [-0.05, 0) is 35.9 Å². The number of ether oxygens (including phenoxy) is 1. The second-order valence-corrected chi connectivity index (χ2v) is 9.82. The molecule has 0 amide bonds. The maximum atomic E-state index is 12.0. The maximum absolute atomic E-state index is 12.0. The van der Waals surface area contributed by atoms with Gasteiger partial charge >= 0.3 is 0 Å². The first kappa shape index (κ1) is 22.5. The van der Waals surface area contributed by atoms with E-state index in [9.17, 15) is 8.42 Å². The summed E-state index contributed by atoms with van der Waals surface area (Å²) >= 11 is 6.18. The van der Waals surface area contributed by atoms with E-state index in [2.05, 4.69) is 30.4 Å². The number of fused-ring (bicyclic) bond motifs is 1. The number of benzene rings is 2. The molecule has 2 aromatic carbocycles. The Morgan fingerprint density at radius 3 is 2.74 bits per heavy atom. The summed E-state index contributed by atoms with van der Waals surface area (Å²) in [6, 6.07) is 12.3. The van der Waals surface area contributed by atoms with Gasteiger partial charge in [0.2, 0.25) is 10.0 Å². The van der Waals surface area contributed by atoms with Crippen LogP contribution >= 0.6 is 11.6 Å². The fourth-order valence-electron chi connectivity index (χ4n) is 4.02. The van der Waals surface area contributed by atoms with Gasteiger partial charge in [0, 0.05) is 35.9 Å². The highest BCUT2D eigenvalue weighted by atomic mass is 35.5. The number of sulfonamides is 1. The van der Waals surface area contributed by atoms with Gasteiger partial charge in [0.25, 0.3) is 0 Å². The average molecular weight is 500 g/mol. The maximum Gasteiger partial charge on any atom is 0.238 e. The normalized spacial score (nSPS) is 14.5. The average Bonchev–Trinajstić information content (AvgIpc) is 3.27. The van der Waals surface area contributed by atoms with Crippen LogP contribution in [-0.2, 0) is 21.3 Å². The van der Waals surface area contributed by atoms with E-state index in [1.54, 1.807) is 18.2 Å². The van der Waals surface area contributed by atoms with Crippen LogP contribution in [0.3, 0.4) is 0 Å². The molecule has 0 radical (unpaired) electrons. The van der Waals surface area contributed by atoms with Crippen LogP contribution in [0.4, 0.5) is 11.5 Å². The number of nitrogens with one attached hydrogen (secondary N) is 2. The van der Waals surface area contributed by atoms with Crippen molar-refractivity contribution >= 4 is 44.2 Å². The van der Waals surface area contributed by atoms with Crippen LogP contribution in [0.5, 0.6) is 0 Å². The third-order valence-electron chi connectivity index (χ3n) is 5.64. The molecule has 1 saturated heterocycles. The lowest BCUT2D eigenvalue weighted by Crippen LogP contribution is -2.37. The van der Waals surface area contributed by atoms with Crippen molar-refractivity contribution in [3.05, 3.63) is 59.4 Å². The molecular weight excluding hydrogens is 478 g/mol. The number of rotatable bonds is 6. The smallest absolute Gasteiger partial charge is 0.238 e. The molecule has 4 aromatic rings. The van der Waals surface area contributed by atoms with E-state index in [0.717, 1.165) is 22.5 Å². The summed E-state index contributed by atoms with van der Waals surface area (Å²) in [4.78, 5) is 10.9. The zero-order valence-electron chi connectivity index (χ0n) is 18.0. The Hall–Kier alpha value is -3.25. The molecule has 34 heavy (non-hydrogen) atoms. The number of nitrogens with two attached hydrogens (primary N) is 1. The second-order valence-electron chi connectivity index (χ2n) is 7.82. The number of aromatic amines is 1. The molecule has 176 valence electrons. The predicted octanol–water partition coefficient (Wildman–Crippen LogP) is 2.77. The molecule has 1 aliphatic rings. The van der Waals surface area contributed by atoms with E-state index in [1.165, 1.54) is 12.4 Å². The zero-order valence-corrected chi connectivity index (χ0v) is 19.6. The zero-order chi connectivity index (χ0) is 23.7. The highest BCUT2D eigenvalue weighted by Gasteiger charge is 2.19. The van der Waals surface area contributed by atoms with Crippen LogP contribution < -0.4 is 15.4 Å². The molecule has 0 saturated carbocycles. The Balaban J connectivity index is 1.52. The van der Waals surface area contributed by atoms with Crippen molar-refractivity contribution in [1.29, 1.82) is 0 Å². The minimum atomic E-state index is -3.85. The van der Waals surface area contributed by atoms with Gasteiger partial charge in [-0.2, -0.15) is 5.10 Å². The lowest BCUT2D eigenvalue weighted by Gasteiger charge is -2.31. The molecule has 4 N–H and O–H groups in total. The lowest BCUT2D eigenvalue weighted by molar-refractivity contribution is 0.122. The van der Waals surface area contributed by atoms with Crippen molar-refractivity contribution in [3.63, 3.8) is 0 Å². The van der Waals surface area contributed by atoms with E-state index in [0.29, 0.717) is 54.7 Å². The van der Waals surface area contributed by atoms with E-state index >= 15 is 0 Å². The molecule has 0 unspecified atom stereocenters. The highest BCUT2D eigenvalue weighted by Crippen LogP contribution is 2.32. The molecule has 10 nitrogen and oxygen atoms in total. The third kappa shape index (κ3) is 4.55. The van der Waals surface area contributed by atoms with Gasteiger partial charge in [0.1, 0.15) is 12.1 Å². The van der Waals surface area contributed by atoms with Crippen LogP contribution in [0, 0.1) is 0 Å². The first-order valence-corrected chi connectivity index (χ1v) is 12.5. The number of nitrogens with zero attached hydrogens (tertiary/aromatic N) is 4. The number of hydrogen-bond acceptors (Lipinski definition) is 8. The molecule has 0 bridgehead atoms. The van der Waals surface area contributed by atoms with Crippen molar-refractivity contribution in [3.8, 4) is 11.3 Å². The second kappa shape index (κ2) is 9.18. The Kier molecular flexibility index (Phi) is 6.09. The topological polar surface area (TPSA) is 139 Å². The summed E-state index contributed by atoms with van der Waals surface area (Å²) in [5.74, 6) is 0.558. The van der Waals surface area contributed by atoms with E-state index < -0.39 is 10.0 Å². The molecule has 1 aliphatic heterocycles. The van der Waals surface area contributed by atoms with Gasteiger partial charge in [-0.25, -0.2) is 23.5 Å². The lowest BCUT2D eigenvalue weighted by atomic mass is 10.1. The molecule has 0 aliphatic carbocycles. The first-order valence-electron chi connectivity index (χ1n) is 10.6. The number of aromatic nitrogens is 4. The number of H-pyrrole nitrogens is 1. The third-order valence-corrected chi connectivity index (χ3v) is 6.79. The fourth-order valence-corrected chi connectivity index (χ4v) is 4.77. The van der Waals surface area contributed by atoms with Crippen molar-refractivity contribution in [2.75, 3.05) is 36.5 Å². The molecular formula is C22H22ClN7O3S. The standard InChI is InChI=1S/C22H22ClN7O3S/c23-16-3-1-2-14(10-16)20-19-21(26-13-27-22(19)29-28-20)25-12-15-11-17(34(24,31)32)4-5-18(15)30-6-8-33-9-7-30/h1-5,10-11,13H,6-9,12H2,(H2,24,31,32)(H2,25,26,27,28,29). The Morgan fingerprint density at radius 2 is 1.97 bits per heavy atom. The van der Waals surface area contributed by atoms with Crippen molar-refractivity contribution in [2.24, 2.45) is 5.14 Å². The fraction of sp³-hybridized carbons (Fsp3) is 0.227. The van der Waals surface area contributed by atoms with Crippen LogP contribution in [0.2, 0.25) is 5.02 Å². The summed E-state index contributed by atoms with van der Waals surface area (Å²) in [6.45, 7) is 2.94. The number of morpholine rings is 1. The molecule has 3 heterocycles. The monoisotopic (exact) mass is 499 g/mol. The molecule has 0 atom stereocenters. The molecule has 2 aromatic heterocycles. The highest BCUT2D eigenvalue weighted by molar-refractivity contribution is 7.89. The van der Waals surface area contributed by atoms with E-state index in [4.69, 9.17) is 21.5 Å². The van der Waals surface area contributed by atoms with Gasteiger partial charge in [-0.1, -0.05) is 23.7 Å². The van der Waals surface area contributed by atoms with Crippen LogP contribution in [0.1, 0.15) is 5.56 Å². The molecule has 5 rings (SSSR count). The Bertz CT molecular complexity index is 1450. The summed E-state index contributed by atoms with van der Waals surface area (Å²) < 4.78 is 29.5. The van der Waals surface area contributed by atoms with Gasteiger partial charge in [0.15, 0.2) is 5.65 Å². The van der Waals surface area contributed by atoms with Gasteiger partial charge in [0.05, 0.1) is 29.2 Å². The van der Waals surface area contributed by atoms with Crippen LogP contribution in [0.25, 0.3) is 22.3 Å². The number of anilines is 2. The summed E-state index contributed by atoms with van der Waals surface area (Å²) in [5.41, 5.74) is 3.76. The number of primary sulfonamides is 1. The van der Waals surface area contributed by atoms with Gasteiger partial charge < -0.3 is 15.0 Å². The summed E-state index contributed by atoms with van der Waals surface area (Å²) in [5, 5.41) is 17.4. The largest absolute Gasteiger partial charge is 0.378 e. The predicted molar refractivity (Wildman–Crippen MR) is 130 cm³/mol. The minimum absolute atomic E-state index is 0.0528.